The first kappa shape index (κ1) is 14.7. The molecule has 0 atom stereocenters. The van der Waals surface area contributed by atoms with Gasteiger partial charge in [-0.1, -0.05) is 12.1 Å². The van der Waals surface area contributed by atoms with Gasteiger partial charge in [-0.2, -0.15) is 13.2 Å². The van der Waals surface area contributed by atoms with Crippen molar-refractivity contribution in [3.05, 3.63) is 52.9 Å². The lowest BCUT2D eigenvalue weighted by Crippen LogP contribution is -2.02. The van der Waals surface area contributed by atoms with Crippen LogP contribution in [0.2, 0.25) is 0 Å². The minimum absolute atomic E-state index is 0.268. The molecule has 0 radical (unpaired) electrons. The largest absolute Gasteiger partial charge is 0.425 e. The van der Waals surface area contributed by atoms with Gasteiger partial charge < -0.3 is 5.32 Å². The number of halogens is 4. The number of fused-ring (bicyclic) bond motifs is 1. The summed E-state index contributed by atoms with van der Waals surface area (Å²) in [6.07, 6.45) is -3.19. The fourth-order valence-corrected chi connectivity index (χ4v) is 2.79. The highest BCUT2D eigenvalue weighted by Gasteiger charge is 2.33. The van der Waals surface area contributed by atoms with Crippen LogP contribution in [0.4, 0.5) is 23.4 Å². The van der Waals surface area contributed by atoms with Gasteiger partial charge in [0.2, 0.25) is 0 Å². The maximum atomic E-state index is 12.8. The molecule has 0 aliphatic rings. The van der Waals surface area contributed by atoms with Crippen molar-refractivity contribution in [2.24, 2.45) is 0 Å². The van der Waals surface area contributed by atoms with E-state index < -0.39 is 11.1 Å². The molecular formula is C14H9F4N3S. The van der Waals surface area contributed by atoms with Crippen molar-refractivity contribution in [2.45, 2.75) is 12.7 Å². The Morgan fingerprint density at radius 2 is 1.82 bits per heavy atom. The summed E-state index contributed by atoms with van der Waals surface area (Å²) < 4.78 is 51.1. The molecule has 0 aliphatic carbocycles. The summed E-state index contributed by atoms with van der Waals surface area (Å²) in [5, 5.41) is 3.28. The second-order valence-electron chi connectivity index (χ2n) is 4.53. The first-order chi connectivity index (χ1) is 10.4. The molecule has 0 saturated carbocycles. The second kappa shape index (κ2) is 5.53. The molecule has 0 fully saturated rings. The van der Waals surface area contributed by atoms with Gasteiger partial charge in [0, 0.05) is 6.54 Å². The third-order valence-corrected chi connectivity index (χ3v) is 4.07. The highest BCUT2D eigenvalue weighted by atomic mass is 32.1. The number of rotatable bonds is 3. The van der Waals surface area contributed by atoms with E-state index in [0.29, 0.717) is 29.1 Å². The first-order valence-electron chi connectivity index (χ1n) is 6.23. The highest BCUT2D eigenvalue weighted by Crippen LogP contribution is 2.38. The lowest BCUT2D eigenvalue weighted by molar-refractivity contribution is -0.134. The van der Waals surface area contributed by atoms with Crippen LogP contribution in [0.25, 0.3) is 10.2 Å². The van der Waals surface area contributed by atoms with Crippen molar-refractivity contribution in [2.75, 3.05) is 5.32 Å². The number of nitrogens with one attached hydrogen (secondary N) is 1. The molecule has 0 spiro atoms. The summed E-state index contributed by atoms with van der Waals surface area (Å²) in [7, 11) is 0. The van der Waals surface area contributed by atoms with Crippen LogP contribution in [0.1, 0.15) is 10.4 Å². The van der Waals surface area contributed by atoms with E-state index in [4.69, 9.17) is 0 Å². The Bertz CT molecular complexity index is 796. The van der Waals surface area contributed by atoms with Crippen LogP contribution in [0.5, 0.6) is 0 Å². The summed E-state index contributed by atoms with van der Waals surface area (Å²) in [5.41, 5.74) is 0.791. The zero-order valence-electron chi connectivity index (χ0n) is 11.0. The van der Waals surface area contributed by atoms with Crippen LogP contribution in [-0.2, 0) is 12.7 Å². The van der Waals surface area contributed by atoms with Gasteiger partial charge in [-0.15, -0.1) is 11.3 Å². The van der Waals surface area contributed by atoms with E-state index in [1.54, 1.807) is 12.1 Å². The standard InChI is InChI=1S/C14H9F4N3S/c15-9-3-1-8(2-4-9)6-19-12-10-5-11(14(16,17)18)22-13(10)21-7-20-12/h1-5,7H,6H2,(H,19,20,21). The molecule has 22 heavy (non-hydrogen) atoms. The monoisotopic (exact) mass is 327 g/mol. The minimum atomic E-state index is -4.40. The third kappa shape index (κ3) is 3.01. The Labute approximate surface area is 126 Å². The average molecular weight is 327 g/mol. The molecule has 8 heteroatoms. The van der Waals surface area contributed by atoms with E-state index in [1.807, 2.05) is 0 Å². The van der Waals surface area contributed by atoms with Crippen molar-refractivity contribution in [1.82, 2.24) is 9.97 Å². The Morgan fingerprint density at radius 1 is 1.09 bits per heavy atom. The summed E-state index contributed by atoms with van der Waals surface area (Å²) in [6, 6.07) is 6.86. The van der Waals surface area contributed by atoms with Gasteiger partial charge in [0.1, 0.15) is 27.7 Å². The number of hydrogen-bond acceptors (Lipinski definition) is 4. The van der Waals surface area contributed by atoms with Gasteiger partial charge in [-0.25, -0.2) is 14.4 Å². The highest BCUT2D eigenvalue weighted by molar-refractivity contribution is 7.18. The van der Waals surface area contributed by atoms with E-state index in [9.17, 15) is 17.6 Å². The van der Waals surface area contributed by atoms with E-state index in [0.717, 1.165) is 11.6 Å². The van der Waals surface area contributed by atoms with E-state index in [2.05, 4.69) is 15.3 Å². The molecule has 0 aliphatic heterocycles. The predicted molar refractivity (Wildman–Crippen MR) is 76.1 cm³/mol. The van der Waals surface area contributed by atoms with Crippen LogP contribution in [-0.4, -0.2) is 9.97 Å². The molecule has 2 heterocycles. The van der Waals surface area contributed by atoms with Crippen molar-refractivity contribution >= 4 is 27.4 Å². The van der Waals surface area contributed by atoms with Gasteiger partial charge in [-0.3, -0.25) is 0 Å². The summed E-state index contributed by atoms with van der Waals surface area (Å²) in [4.78, 5) is 7.39. The van der Waals surface area contributed by atoms with Gasteiger partial charge in [-0.05, 0) is 23.8 Å². The number of aromatic nitrogens is 2. The maximum Gasteiger partial charge on any atom is 0.425 e. The molecule has 2 aromatic heterocycles. The molecule has 3 rings (SSSR count). The average Bonchev–Trinajstić information content (AvgIpc) is 2.91. The topological polar surface area (TPSA) is 37.8 Å². The van der Waals surface area contributed by atoms with Crippen molar-refractivity contribution < 1.29 is 17.6 Å². The van der Waals surface area contributed by atoms with Gasteiger partial charge in [0.25, 0.3) is 0 Å². The van der Waals surface area contributed by atoms with E-state index >= 15 is 0 Å². The smallest absolute Gasteiger partial charge is 0.365 e. The molecule has 0 amide bonds. The van der Waals surface area contributed by atoms with Crippen LogP contribution in [0.3, 0.4) is 0 Å². The van der Waals surface area contributed by atoms with Crippen molar-refractivity contribution in [3.63, 3.8) is 0 Å². The molecule has 0 unspecified atom stereocenters. The van der Waals surface area contributed by atoms with Gasteiger partial charge in [0.05, 0.1) is 5.39 Å². The molecule has 0 bridgehead atoms. The number of nitrogens with zero attached hydrogens (tertiary/aromatic N) is 2. The number of anilines is 1. The molecular weight excluding hydrogens is 318 g/mol. The molecule has 1 N–H and O–H groups in total. The van der Waals surface area contributed by atoms with Crippen LogP contribution >= 0.6 is 11.3 Å². The van der Waals surface area contributed by atoms with E-state index in [-0.39, 0.29) is 10.6 Å². The fraction of sp³-hybridized carbons (Fsp3) is 0.143. The van der Waals surface area contributed by atoms with E-state index in [1.165, 1.54) is 18.5 Å². The zero-order valence-corrected chi connectivity index (χ0v) is 11.8. The molecule has 1 aromatic carbocycles. The number of benzene rings is 1. The quantitative estimate of drug-likeness (QED) is 0.722. The fourth-order valence-electron chi connectivity index (χ4n) is 1.92. The second-order valence-corrected chi connectivity index (χ2v) is 5.56. The summed E-state index contributed by atoms with van der Waals surface area (Å²) in [6.45, 7) is 0.323. The minimum Gasteiger partial charge on any atom is -0.365 e. The lowest BCUT2D eigenvalue weighted by atomic mass is 10.2. The Kier molecular flexibility index (Phi) is 3.69. The summed E-state index contributed by atoms with van der Waals surface area (Å²) >= 11 is 0.576. The molecule has 114 valence electrons. The summed E-state index contributed by atoms with van der Waals surface area (Å²) in [5.74, 6) is -0.0260. The zero-order chi connectivity index (χ0) is 15.7. The van der Waals surface area contributed by atoms with Crippen molar-refractivity contribution in [3.8, 4) is 0 Å². The SMILES string of the molecule is Fc1ccc(CNc2ncnc3sc(C(F)(F)F)cc23)cc1. The Balaban J connectivity index is 1.87. The Morgan fingerprint density at radius 3 is 2.50 bits per heavy atom. The van der Waals surface area contributed by atoms with Crippen LogP contribution in [0.15, 0.2) is 36.7 Å². The number of thiophene rings is 1. The maximum absolute atomic E-state index is 12.8. The van der Waals surface area contributed by atoms with Crippen LogP contribution in [0, 0.1) is 5.82 Å². The Hall–Kier alpha value is -2.22. The van der Waals surface area contributed by atoms with Crippen LogP contribution < -0.4 is 5.32 Å². The third-order valence-electron chi connectivity index (χ3n) is 2.98. The normalized spacial score (nSPS) is 11.8. The number of hydrogen-bond donors (Lipinski definition) is 1. The molecule has 3 nitrogen and oxygen atoms in total. The predicted octanol–water partition coefficient (Wildman–Crippen LogP) is 4.46. The molecule has 0 saturated heterocycles. The molecule has 3 aromatic rings. The van der Waals surface area contributed by atoms with Gasteiger partial charge >= 0.3 is 6.18 Å². The number of alkyl halides is 3. The lowest BCUT2D eigenvalue weighted by Gasteiger charge is -2.06. The van der Waals surface area contributed by atoms with Gasteiger partial charge in [0.15, 0.2) is 0 Å². The van der Waals surface area contributed by atoms with Crippen molar-refractivity contribution in [1.29, 1.82) is 0 Å². The first-order valence-corrected chi connectivity index (χ1v) is 7.05.